The van der Waals surface area contributed by atoms with E-state index in [1.54, 1.807) is 12.1 Å². The summed E-state index contributed by atoms with van der Waals surface area (Å²) in [7, 11) is 0. The van der Waals surface area contributed by atoms with E-state index in [2.05, 4.69) is 34.5 Å². The van der Waals surface area contributed by atoms with Crippen LogP contribution < -0.4 is 10.2 Å². The number of nitrogens with zero attached hydrogens (tertiary/aromatic N) is 2. The lowest BCUT2D eigenvalue weighted by atomic mass is 9.65. The molecule has 8 heteroatoms. The third-order valence-electron chi connectivity index (χ3n) is 8.34. The molecular formula is C28H30FN3O4. The highest BCUT2D eigenvalue weighted by Crippen LogP contribution is 2.71. The van der Waals surface area contributed by atoms with Crippen LogP contribution in [-0.2, 0) is 16.1 Å². The third kappa shape index (κ3) is 3.84. The number of anilines is 1. The molecule has 1 unspecified atom stereocenters. The Labute approximate surface area is 208 Å². The van der Waals surface area contributed by atoms with Gasteiger partial charge in [0, 0.05) is 42.4 Å². The van der Waals surface area contributed by atoms with Crippen LogP contribution in [0.2, 0.25) is 0 Å². The van der Waals surface area contributed by atoms with Crippen molar-refractivity contribution in [3.8, 4) is 0 Å². The fourth-order valence-electron chi connectivity index (χ4n) is 6.57. The SMILES string of the molecule is C[C@@]1(CC(=O)O)CC2(NC(=O)c3ccc(F)c4ccn(Cc5ccc(N6CCOCC6)cc5)c34)C[C@H]21. The number of carbonyl (C=O) groups excluding carboxylic acids is 1. The van der Waals surface area contributed by atoms with E-state index in [9.17, 15) is 19.1 Å². The average molecular weight is 492 g/mol. The molecule has 3 aliphatic rings. The second-order valence-electron chi connectivity index (χ2n) is 10.8. The first-order valence-corrected chi connectivity index (χ1v) is 12.5. The molecule has 2 saturated carbocycles. The average Bonchev–Trinajstić information content (AvgIpc) is 3.27. The van der Waals surface area contributed by atoms with Gasteiger partial charge >= 0.3 is 5.97 Å². The number of rotatable bonds is 7. The molecule has 3 atom stereocenters. The number of fused-ring (bicyclic) bond motifs is 2. The summed E-state index contributed by atoms with van der Waals surface area (Å²) in [6.07, 6.45) is 3.39. The van der Waals surface area contributed by atoms with Gasteiger partial charge in [0.25, 0.3) is 5.91 Å². The number of ether oxygens (including phenoxy) is 1. The van der Waals surface area contributed by atoms with Gasteiger partial charge in [-0.3, -0.25) is 9.59 Å². The number of halogens is 1. The van der Waals surface area contributed by atoms with Crippen molar-refractivity contribution in [1.82, 2.24) is 9.88 Å². The molecule has 0 spiro atoms. The maximum Gasteiger partial charge on any atom is 0.303 e. The van der Waals surface area contributed by atoms with Gasteiger partial charge in [-0.15, -0.1) is 0 Å². The summed E-state index contributed by atoms with van der Waals surface area (Å²) in [6, 6.07) is 12.9. The normalized spacial score (nSPS) is 26.8. The van der Waals surface area contributed by atoms with Crippen molar-refractivity contribution in [3.05, 3.63) is 65.6 Å². The molecule has 1 aromatic heterocycles. The molecule has 3 fully saturated rings. The van der Waals surface area contributed by atoms with Crippen LogP contribution >= 0.6 is 0 Å². The zero-order chi connectivity index (χ0) is 25.1. The van der Waals surface area contributed by atoms with Crippen molar-refractivity contribution in [2.45, 2.75) is 38.3 Å². The molecule has 1 saturated heterocycles. The largest absolute Gasteiger partial charge is 0.481 e. The maximum absolute atomic E-state index is 14.7. The van der Waals surface area contributed by atoms with Crippen molar-refractivity contribution in [2.75, 3.05) is 31.2 Å². The quantitative estimate of drug-likeness (QED) is 0.521. The summed E-state index contributed by atoms with van der Waals surface area (Å²) in [5.74, 6) is -1.22. The minimum absolute atomic E-state index is 0.114. The van der Waals surface area contributed by atoms with Gasteiger partial charge in [-0.1, -0.05) is 19.1 Å². The number of carboxylic acids is 1. The number of carboxylic acid groups (broad SMARTS) is 1. The van der Waals surface area contributed by atoms with E-state index in [1.165, 1.54) is 6.07 Å². The minimum atomic E-state index is -0.805. The molecule has 2 aromatic carbocycles. The van der Waals surface area contributed by atoms with E-state index in [0.717, 1.165) is 44.0 Å². The molecule has 0 radical (unpaired) electrons. The summed E-state index contributed by atoms with van der Waals surface area (Å²) in [5, 5.41) is 12.8. The summed E-state index contributed by atoms with van der Waals surface area (Å²) in [4.78, 5) is 26.9. The van der Waals surface area contributed by atoms with E-state index in [4.69, 9.17) is 4.74 Å². The summed E-state index contributed by atoms with van der Waals surface area (Å²) >= 11 is 0. The molecule has 36 heavy (non-hydrogen) atoms. The second-order valence-corrected chi connectivity index (χ2v) is 10.8. The van der Waals surface area contributed by atoms with E-state index >= 15 is 0 Å². The van der Waals surface area contributed by atoms with Crippen molar-refractivity contribution < 1.29 is 23.8 Å². The highest BCUT2D eigenvalue weighted by atomic mass is 19.1. The number of carbonyl (C=O) groups is 2. The highest BCUT2D eigenvalue weighted by Gasteiger charge is 2.73. The van der Waals surface area contributed by atoms with Gasteiger partial charge in [-0.05, 0) is 60.1 Å². The number of amides is 1. The Balaban J connectivity index is 1.22. The van der Waals surface area contributed by atoms with Crippen molar-refractivity contribution in [1.29, 1.82) is 0 Å². The summed E-state index contributed by atoms with van der Waals surface area (Å²) in [6.45, 7) is 5.70. The van der Waals surface area contributed by atoms with Crippen LogP contribution in [0.5, 0.6) is 0 Å². The first-order chi connectivity index (χ1) is 17.3. The van der Waals surface area contributed by atoms with Crippen LogP contribution in [0, 0.1) is 17.2 Å². The van der Waals surface area contributed by atoms with Gasteiger partial charge in [0.15, 0.2) is 0 Å². The molecule has 3 aromatic rings. The van der Waals surface area contributed by atoms with Gasteiger partial charge in [-0.25, -0.2) is 4.39 Å². The highest BCUT2D eigenvalue weighted by molar-refractivity contribution is 6.06. The van der Waals surface area contributed by atoms with Gasteiger partial charge in [0.05, 0.1) is 30.7 Å². The van der Waals surface area contributed by atoms with Crippen LogP contribution in [0.1, 0.15) is 42.1 Å². The Morgan fingerprint density at radius 3 is 2.58 bits per heavy atom. The first kappa shape index (κ1) is 23.0. The Morgan fingerprint density at radius 1 is 1.14 bits per heavy atom. The first-order valence-electron chi connectivity index (χ1n) is 12.5. The van der Waals surface area contributed by atoms with Crippen LogP contribution in [0.4, 0.5) is 10.1 Å². The van der Waals surface area contributed by atoms with E-state index in [-0.39, 0.29) is 35.0 Å². The van der Waals surface area contributed by atoms with E-state index < -0.39 is 5.97 Å². The Morgan fingerprint density at radius 2 is 1.89 bits per heavy atom. The number of morpholine rings is 1. The monoisotopic (exact) mass is 491 g/mol. The van der Waals surface area contributed by atoms with Crippen LogP contribution in [-0.4, -0.2) is 53.4 Å². The molecule has 188 valence electrons. The maximum atomic E-state index is 14.7. The molecule has 1 amide bonds. The fourth-order valence-corrected chi connectivity index (χ4v) is 6.57. The van der Waals surface area contributed by atoms with Crippen LogP contribution in [0.15, 0.2) is 48.7 Å². The zero-order valence-corrected chi connectivity index (χ0v) is 20.3. The fraction of sp³-hybridized carbons (Fsp3) is 0.429. The minimum Gasteiger partial charge on any atom is -0.481 e. The third-order valence-corrected chi connectivity index (χ3v) is 8.34. The van der Waals surface area contributed by atoms with Gasteiger partial charge in [0.2, 0.25) is 0 Å². The number of aliphatic carboxylic acids is 1. The van der Waals surface area contributed by atoms with Gasteiger partial charge in [-0.2, -0.15) is 0 Å². The van der Waals surface area contributed by atoms with Gasteiger partial charge in [0.1, 0.15) is 5.82 Å². The number of hydrogen-bond donors (Lipinski definition) is 2. The molecule has 2 N–H and O–H groups in total. The molecule has 2 aliphatic carbocycles. The summed E-state index contributed by atoms with van der Waals surface area (Å²) < 4.78 is 22.0. The lowest BCUT2D eigenvalue weighted by Gasteiger charge is -2.44. The zero-order valence-electron chi connectivity index (χ0n) is 20.3. The van der Waals surface area contributed by atoms with E-state index in [1.807, 2.05) is 17.7 Å². The predicted octanol–water partition coefficient (Wildman–Crippen LogP) is 4.04. The molecule has 0 bridgehead atoms. The van der Waals surface area contributed by atoms with Crippen molar-refractivity contribution in [2.24, 2.45) is 11.3 Å². The number of aromatic nitrogens is 1. The molecule has 2 heterocycles. The Bertz CT molecular complexity index is 1350. The number of benzene rings is 2. The Kier molecular flexibility index (Phi) is 5.33. The summed E-state index contributed by atoms with van der Waals surface area (Å²) in [5.41, 5.74) is 2.63. The van der Waals surface area contributed by atoms with Gasteiger partial charge < -0.3 is 24.6 Å². The smallest absolute Gasteiger partial charge is 0.303 e. The molecule has 6 rings (SSSR count). The standard InChI is InChI=1S/C28H30FN3O4/c1-27(15-24(33)34)17-28(14-23(27)28)30-26(35)21-6-7-22(29)20-8-9-32(25(20)21)16-18-2-4-19(5-3-18)31-10-12-36-13-11-31/h2-9,23H,10-17H2,1H3,(H,30,35)(H,33,34)/t23-,27+,28?/m0/s1. The van der Waals surface area contributed by atoms with E-state index in [0.29, 0.717) is 29.4 Å². The molecule has 1 aliphatic heterocycles. The molecule has 7 nitrogen and oxygen atoms in total. The van der Waals surface area contributed by atoms with Crippen molar-refractivity contribution >= 4 is 28.5 Å². The second kappa shape index (κ2) is 8.34. The topological polar surface area (TPSA) is 83.8 Å². The predicted molar refractivity (Wildman–Crippen MR) is 134 cm³/mol. The van der Waals surface area contributed by atoms with Crippen LogP contribution in [0.3, 0.4) is 0 Å². The lowest BCUT2D eigenvalue weighted by Crippen LogP contribution is -2.52. The number of nitrogens with one attached hydrogen (secondary N) is 1. The van der Waals surface area contributed by atoms with Crippen molar-refractivity contribution in [3.63, 3.8) is 0 Å². The molecular weight excluding hydrogens is 461 g/mol. The number of hydrogen-bond acceptors (Lipinski definition) is 4. The Hall–Kier alpha value is -3.39. The lowest BCUT2D eigenvalue weighted by molar-refractivity contribution is -0.141. The van der Waals surface area contributed by atoms with Crippen LogP contribution in [0.25, 0.3) is 10.9 Å².